The number of ether oxygens (including phenoxy) is 1. The third-order valence-electron chi connectivity index (χ3n) is 3.32. The van der Waals surface area contributed by atoms with Gasteiger partial charge in [-0.2, -0.15) is 4.57 Å². The summed E-state index contributed by atoms with van der Waals surface area (Å²) in [5.41, 5.74) is 1.08. The van der Waals surface area contributed by atoms with E-state index in [1.54, 1.807) is 7.11 Å². The van der Waals surface area contributed by atoms with E-state index in [-0.39, 0.29) is 17.0 Å². The number of hydrogen-bond acceptors (Lipinski definition) is 1. The first-order chi connectivity index (χ1) is 9.35. The number of nitrogens with zero attached hydrogens (tertiary/aromatic N) is 2. The van der Waals surface area contributed by atoms with E-state index < -0.39 is 0 Å². The van der Waals surface area contributed by atoms with Crippen LogP contribution in [-0.4, -0.2) is 11.7 Å². The van der Waals surface area contributed by atoms with Crippen LogP contribution in [-0.2, 0) is 6.54 Å². The molecule has 0 aliphatic heterocycles. The van der Waals surface area contributed by atoms with E-state index in [0.717, 1.165) is 18.0 Å². The molecule has 1 aromatic heterocycles. The third-order valence-corrected chi connectivity index (χ3v) is 3.32. The molecule has 0 radical (unpaired) electrons. The van der Waals surface area contributed by atoms with Crippen molar-refractivity contribution in [2.75, 3.05) is 7.11 Å². The molecule has 0 N–H and O–H groups in total. The number of para-hydroxylation sites is 2. The van der Waals surface area contributed by atoms with Crippen molar-refractivity contribution in [2.24, 2.45) is 0 Å². The summed E-state index contributed by atoms with van der Waals surface area (Å²) in [6.07, 6.45) is 11.5. The molecule has 4 heteroatoms. The van der Waals surface area contributed by atoms with Crippen molar-refractivity contribution in [3.63, 3.8) is 0 Å². The number of aromatic nitrogens is 2. The zero-order valence-electron chi connectivity index (χ0n) is 12.3. The highest BCUT2D eigenvalue weighted by Crippen LogP contribution is 2.16. The smallest absolute Gasteiger partial charge is 0.249 e. The molecule has 3 nitrogen and oxygen atoms in total. The van der Waals surface area contributed by atoms with E-state index in [2.05, 4.69) is 40.8 Å². The normalized spacial score (nSPS) is 10.1. The molecule has 0 atom stereocenters. The summed E-state index contributed by atoms with van der Waals surface area (Å²) in [5.74, 6) is 0.899. The van der Waals surface area contributed by atoms with Crippen molar-refractivity contribution >= 4 is 0 Å². The summed E-state index contributed by atoms with van der Waals surface area (Å²) in [4.78, 5) is 0. The van der Waals surface area contributed by atoms with Gasteiger partial charge >= 0.3 is 0 Å². The van der Waals surface area contributed by atoms with Crippen LogP contribution in [0.15, 0.2) is 43.0 Å². The Bertz CT molecular complexity index is 511. The Morgan fingerprint density at radius 3 is 2.70 bits per heavy atom. The largest absolute Gasteiger partial charge is 1.00 e. The molecule has 0 fully saturated rings. The Labute approximate surface area is 132 Å². The lowest BCUT2D eigenvalue weighted by molar-refractivity contribution is -0.595. The number of unbranched alkanes of at least 4 members (excludes halogenated alkanes) is 3. The van der Waals surface area contributed by atoms with E-state index in [0.29, 0.717) is 0 Å². The zero-order valence-corrected chi connectivity index (χ0v) is 13.8. The maximum Gasteiger partial charge on any atom is 0.249 e. The van der Waals surface area contributed by atoms with Crippen LogP contribution in [0, 0.1) is 0 Å². The Morgan fingerprint density at radius 1 is 1.15 bits per heavy atom. The molecule has 2 rings (SSSR count). The SMILES string of the molecule is CCCCCCn1cc[n+](-c2ccccc2OC)c1.[Br-]. The van der Waals surface area contributed by atoms with Crippen LogP contribution in [0.3, 0.4) is 0 Å². The lowest BCUT2D eigenvalue weighted by Gasteiger charge is -2.03. The molecular weight excluding hydrogens is 316 g/mol. The van der Waals surface area contributed by atoms with Crippen LogP contribution < -0.4 is 26.3 Å². The second kappa shape index (κ2) is 8.80. The minimum atomic E-state index is 0. The minimum Gasteiger partial charge on any atom is -1.00 e. The van der Waals surface area contributed by atoms with Gasteiger partial charge in [0.2, 0.25) is 6.33 Å². The van der Waals surface area contributed by atoms with Gasteiger partial charge < -0.3 is 21.7 Å². The molecular formula is C16H23BrN2O. The average molecular weight is 339 g/mol. The first kappa shape index (κ1) is 16.8. The summed E-state index contributed by atoms with van der Waals surface area (Å²) in [5, 5.41) is 0. The molecule has 110 valence electrons. The van der Waals surface area contributed by atoms with Crippen molar-refractivity contribution in [1.29, 1.82) is 0 Å². The molecule has 0 bridgehead atoms. The highest BCUT2D eigenvalue weighted by Gasteiger charge is 2.10. The number of aryl methyl sites for hydroxylation is 1. The van der Waals surface area contributed by atoms with Gasteiger partial charge in [-0.1, -0.05) is 31.9 Å². The van der Waals surface area contributed by atoms with Crippen LogP contribution in [0.2, 0.25) is 0 Å². The molecule has 2 aromatic rings. The van der Waals surface area contributed by atoms with Gasteiger partial charge in [0.1, 0.15) is 12.4 Å². The molecule has 0 spiro atoms. The number of halogens is 1. The summed E-state index contributed by atoms with van der Waals surface area (Å²) in [6, 6.07) is 8.08. The molecule has 0 unspecified atom stereocenters. The highest BCUT2D eigenvalue weighted by atomic mass is 79.9. The van der Waals surface area contributed by atoms with Gasteiger partial charge in [0.15, 0.2) is 11.4 Å². The maximum atomic E-state index is 5.39. The number of rotatable bonds is 7. The van der Waals surface area contributed by atoms with Crippen LogP contribution in [0.25, 0.3) is 5.69 Å². The molecule has 20 heavy (non-hydrogen) atoms. The van der Waals surface area contributed by atoms with Gasteiger partial charge in [-0.05, 0) is 25.0 Å². The van der Waals surface area contributed by atoms with Gasteiger partial charge in [0.05, 0.1) is 13.7 Å². The van der Waals surface area contributed by atoms with Crippen molar-refractivity contribution in [3.05, 3.63) is 43.0 Å². The first-order valence-corrected chi connectivity index (χ1v) is 7.05. The fraction of sp³-hybridized carbons (Fsp3) is 0.438. The van der Waals surface area contributed by atoms with E-state index in [4.69, 9.17) is 4.74 Å². The molecule has 1 heterocycles. The Hall–Kier alpha value is -1.29. The molecule has 0 saturated heterocycles. The Balaban J connectivity index is 0.00000200. The average Bonchev–Trinajstić information content (AvgIpc) is 2.92. The van der Waals surface area contributed by atoms with E-state index in [9.17, 15) is 0 Å². The highest BCUT2D eigenvalue weighted by molar-refractivity contribution is 5.39. The fourth-order valence-corrected chi connectivity index (χ4v) is 2.23. The molecule has 0 amide bonds. The monoisotopic (exact) mass is 338 g/mol. The van der Waals surface area contributed by atoms with Gasteiger partial charge in [-0.25, -0.2) is 4.57 Å². The Morgan fingerprint density at radius 2 is 1.95 bits per heavy atom. The predicted molar refractivity (Wildman–Crippen MR) is 76.7 cm³/mol. The van der Waals surface area contributed by atoms with Crippen LogP contribution in [0.5, 0.6) is 5.75 Å². The summed E-state index contributed by atoms with van der Waals surface area (Å²) in [7, 11) is 1.71. The van der Waals surface area contributed by atoms with Crippen molar-refractivity contribution < 1.29 is 26.3 Å². The zero-order chi connectivity index (χ0) is 13.5. The van der Waals surface area contributed by atoms with E-state index in [1.165, 1.54) is 25.7 Å². The summed E-state index contributed by atoms with van der Waals surface area (Å²) < 4.78 is 9.74. The summed E-state index contributed by atoms with van der Waals surface area (Å²) in [6.45, 7) is 3.33. The van der Waals surface area contributed by atoms with E-state index in [1.807, 2.05) is 18.2 Å². The second-order valence-electron chi connectivity index (χ2n) is 4.79. The molecule has 0 aliphatic carbocycles. The quantitative estimate of drug-likeness (QED) is 0.526. The molecule has 0 aliphatic rings. The topological polar surface area (TPSA) is 18.0 Å². The van der Waals surface area contributed by atoms with Gasteiger partial charge in [0.25, 0.3) is 0 Å². The molecule has 0 saturated carbocycles. The van der Waals surface area contributed by atoms with Gasteiger partial charge in [0, 0.05) is 0 Å². The number of benzene rings is 1. The van der Waals surface area contributed by atoms with Crippen molar-refractivity contribution in [2.45, 2.75) is 39.2 Å². The van der Waals surface area contributed by atoms with Gasteiger partial charge in [-0.3, -0.25) is 0 Å². The lowest BCUT2D eigenvalue weighted by atomic mass is 10.2. The predicted octanol–water partition coefficient (Wildman–Crippen LogP) is 0.358. The van der Waals surface area contributed by atoms with Crippen LogP contribution >= 0.6 is 0 Å². The standard InChI is InChI=1S/C16H23N2O.BrH/c1-3-4-5-8-11-17-12-13-18(14-17)15-9-6-7-10-16(15)19-2;/h6-7,9-10,12-14H,3-5,8,11H2,1-2H3;1H/q+1;/p-1. The number of hydrogen-bond donors (Lipinski definition) is 0. The fourth-order valence-electron chi connectivity index (χ4n) is 2.23. The summed E-state index contributed by atoms with van der Waals surface area (Å²) >= 11 is 0. The molecule has 1 aromatic carbocycles. The number of methoxy groups -OCH3 is 1. The van der Waals surface area contributed by atoms with Crippen LogP contribution in [0.4, 0.5) is 0 Å². The van der Waals surface area contributed by atoms with Gasteiger partial charge in [-0.15, -0.1) is 0 Å². The van der Waals surface area contributed by atoms with Crippen LogP contribution in [0.1, 0.15) is 32.6 Å². The van der Waals surface area contributed by atoms with Crippen molar-refractivity contribution in [3.8, 4) is 11.4 Å². The second-order valence-corrected chi connectivity index (χ2v) is 4.79. The lowest BCUT2D eigenvalue weighted by Crippen LogP contribution is -3.00. The minimum absolute atomic E-state index is 0. The maximum absolute atomic E-state index is 5.39. The first-order valence-electron chi connectivity index (χ1n) is 7.05. The van der Waals surface area contributed by atoms with Crippen molar-refractivity contribution in [1.82, 2.24) is 4.57 Å². The number of imidazole rings is 1. The van der Waals surface area contributed by atoms with E-state index >= 15 is 0 Å². The Kier molecular flexibility index (Phi) is 7.37. The third kappa shape index (κ3) is 4.37.